The lowest BCUT2D eigenvalue weighted by atomic mass is 10.1. The van der Waals surface area contributed by atoms with Gasteiger partial charge in [-0.25, -0.2) is 0 Å². The van der Waals surface area contributed by atoms with Crippen LogP contribution in [0, 0.1) is 6.42 Å². The van der Waals surface area contributed by atoms with Crippen LogP contribution >= 0.6 is 11.6 Å². The molecule has 0 bridgehead atoms. The number of halogens is 1. The number of amides is 1. The van der Waals surface area contributed by atoms with Crippen LogP contribution in [0.5, 0.6) is 5.75 Å². The molecule has 1 aromatic carbocycles. The van der Waals surface area contributed by atoms with Crippen molar-refractivity contribution in [3.63, 3.8) is 0 Å². The number of hydrogen-bond acceptors (Lipinski definition) is 2. The molecule has 0 aromatic heterocycles. The van der Waals surface area contributed by atoms with Gasteiger partial charge >= 0.3 is 0 Å². The van der Waals surface area contributed by atoms with Crippen molar-refractivity contribution in [3.8, 4) is 5.75 Å². The summed E-state index contributed by atoms with van der Waals surface area (Å²) in [5, 5.41) is 0.474. The van der Waals surface area contributed by atoms with Crippen molar-refractivity contribution in [1.82, 2.24) is 4.90 Å². The zero-order valence-electron chi connectivity index (χ0n) is 9.78. The van der Waals surface area contributed by atoms with Gasteiger partial charge in [-0.2, -0.15) is 0 Å². The third kappa shape index (κ3) is 2.72. The smallest absolute Gasteiger partial charge is 0.253 e. The normalized spacial score (nSPS) is 15.8. The summed E-state index contributed by atoms with van der Waals surface area (Å²) in [6.07, 6.45) is 4.15. The molecule has 1 aliphatic rings. The molecule has 4 heteroatoms. The Balaban J connectivity index is 2.16. The third-order valence-corrected chi connectivity index (χ3v) is 3.19. The second-order valence-electron chi connectivity index (χ2n) is 4.01. The monoisotopic (exact) mass is 252 g/mol. The molecule has 91 valence electrons. The van der Waals surface area contributed by atoms with Crippen molar-refractivity contribution >= 4 is 17.5 Å². The van der Waals surface area contributed by atoms with Crippen LogP contribution < -0.4 is 4.74 Å². The van der Waals surface area contributed by atoms with Gasteiger partial charge in [0.05, 0.1) is 12.1 Å². The van der Waals surface area contributed by atoms with E-state index in [1.807, 2.05) is 4.90 Å². The van der Waals surface area contributed by atoms with Crippen LogP contribution in [0.1, 0.15) is 23.2 Å². The number of nitrogens with zero attached hydrogens (tertiary/aromatic N) is 1. The number of rotatable bonds is 2. The Morgan fingerprint density at radius 3 is 2.65 bits per heavy atom. The number of benzene rings is 1. The van der Waals surface area contributed by atoms with E-state index < -0.39 is 0 Å². The summed E-state index contributed by atoms with van der Waals surface area (Å²) in [4.78, 5) is 14.0. The van der Waals surface area contributed by atoms with E-state index >= 15 is 0 Å². The van der Waals surface area contributed by atoms with Crippen LogP contribution in [0.2, 0.25) is 5.02 Å². The van der Waals surface area contributed by atoms with Crippen LogP contribution in [0.15, 0.2) is 18.2 Å². The number of likely N-dealkylation sites (tertiary alicyclic amines) is 1. The molecule has 1 amide bonds. The fourth-order valence-electron chi connectivity index (χ4n) is 1.94. The molecule has 0 N–H and O–H groups in total. The highest BCUT2D eigenvalue weighted by Crippen LogP contribution is 2.25. The molecule has 1 fully saturated rings. The summed E-state index contributed by atoms with van der Waals surface area (Å²) < 4.78 is 5.06. The number of carbonyl (C=O) groups is 1. The first-order valence-corrected chi connectivity index (χ1v) is 6.04. The van der Waals surface area contributed by atoms with Crippen LogP contribution in [-0.2, 0) is 0 Å². The van der Waals surface area contributed by atoms with Crippen molar-refractivity contribution in [1.29, 1.82) is 0 Å². The molecule has 0 aliphatic carbocycles. The van der Waals surface area contributed by atoms with Crippen molar-refractivity contribution in [2.24, 2.45) is 0 Å². The summed E-state index contributed by atoms with van der Waals surface area (Å²) in [6.45, 7) is 1.59. The van der Waals surface area contributed by atoms with Gasteiger partial charge in [-0.05, 0) is 37.5 Å². The lowest BCUT2D eigenvalue weighted by Gasteiger charge is -2.26. The van der Waals surface area contributed by atoms with E-state index in [0.29, 0.717) is 16.3 Å². The molecular formula is C13H15ClNO2. The zero-order chi connectivity index (χ0) is 12.3. The summed E-state index contributed by atoms with van der Waals surface area (Å²) >= 11 is 6.01. The van der Waals surface area contributed by atoms with Gasteiger partial charge < -0.3 is 9.64 Å². The molecule has 0 saturated carbocycles. The Kier molecular flexibility index (Phi) is 3.89. The van der Waals surface area contributed by atoms with Gasteiger partial charge in [-0.15, -0.1) is 0 Å². The fourth-order valence-corrected chi connectivity index (χ4v) is 2.19. The lowest BCUT2D eigenvalue weighted by Crippen LogP contribution is -2.35. The minimum atomic E-state index is 0.0441. The largest absolute Gasteiger partial charge is 0.495 e. The van der Waals surface area contributed by atoms with E-state index in [-0.39, 0.29) is 5.91 Å². The second kappa shape index (κ2) is 5.41. The highest BCUT2D eigenvalue weighted by atomic mass is 35.5. The van der Waals surface area contributed by atoms with Crippen LogP contribution in [0.25, 0.3) is 0 Å². The molecule has 0 unspecified atom stereocenters. The number of methoxy groups -OCH3 is 1. The number of carbonyl (C=O) groups excluding carboxylic acids is 1. The van der Waals surface area contributed by atoms with Gasteiger partial charge in [0, 0.05) is 18.7 Å². The predicted molar refractivity (Wildman–Crippen MR) is 67.4 cm³/mol. The summed E-state index contributed by atoms with van der Waals surface area (Å²) in [6, 6.07) is 5.15. The van der Waals surface area contributed by atoms with Crippen LogP contribution in [0.4, 0.5) is 0 Å². The Hall–Kier alpha value is -1.22. The zero-order valence-corrected chi connectivity index (χ0v) is 10.5. The first-order valence-electron chi connectivity index (χ1n) is 5.67. The molecule has 1 heterocycles. The molecule has 1 radical (unpaired) electrons. The maximum Gasteiger partial charge on any atom is 0.253 e. The van der Waals surface area contributed by atoms with Gasteiger partial charge in [0.15, 0.2) is 0 Å². The summed E-state index contributed by atoms with van der Waals surface area (Å²) in [5.41, 5.74) is 0.623. The average Bonchev–Trinajstić information content (AvgIpc) is 2.39. The summed E-state index contributed by atoms with van der Waals surface area (Å²) in [5.74, 6) is 0.637. The quantitative estimate of drug-likeness (QED) is 0.810. The molecule has 0 atom stereocenters. The predicted octanol–water partition coefficient (Wildman–Crippen LogP) is 2.79. The molecular weight excluding hydrogens is 238 g/mol. The first kappa shape index (κ1) is 12.2. The van der Waals surface area contributed by atoms with E-state index in [2.05, 4.69) is 6.42 Å². The van der Waals surface area contributed by atoms with Crippen LogP contribution in [0.3, 0.4) is 0 Å². The molecule has 1 aromatic rings. The molecule has 1 saturated heterocycles. The van der Waals surface area contributed by atoms with Gasteiger partial charge in [-0.3, -0.25) is 4.79 Å². The molecule has 0 spiro atoms. The topological polar surface area (TPSA) is 29.5 Å². The van der Waals surface area contributed by atoms with E-state index in [0.717, 1.165) is 25.9 Å². The van der Waals surface area contributed by atoms with E-state index in [9.17, 15) is 4.79 Å². The molecule has 17 heavy (non-hydrogen) atoms. The Morgan fingerprint density at radius 1 is 1.35 bits per heavy atom. The standard InChI is InChI=1S/C13H15ClNO2/c1-17-12-6-5-10(9-11(12)14)13(16)15-7-3-2-4-8-15/h2,5-6,9H,3-4,7-8H2,1H3. The number of hydrogen-bond donors (Lipinski definition) is 0. The first-order chi connectivity index (χ1) is 8.22. The van der Waals surface area contributed by atoms with Gasteiger partial charge in [0.1, 0.15) is 5.75 Å². The average molecular weight is 253 g/mol. The van der Waals surface area contributed by atoms with E-state index in [4.69, 9.17) is 16.3 Å². The molecule has 3 nitrogen and oxygen atoms in total. The van der Waals surface area contributed by atoms with Crippen molar-refractivity contribution in [2.45, 2.75) is 12.8 Å². The lowest BCUT2D eigenvalue weighted by molar-refractivity contribution is 0.0742. The van der Waals surface area contributed by atoms with Gasteiger partial charge in [0.2, 0.25) is 0 Å². The Labute approximate surface area is 106 Å². The third-order valence-electron chi connectivity index (χ3n) is 2.89. The maximum atomic E-state index is 12.2. The van der Waals surface area contributed by atoms with Crippen molar-refractivity contribution < 1.29 is 9.53 Å². The summed E-state index contributed by atoms with van der Waals surface area (Å²) in [7, 11) is 1.56. The van der Waals surface area contributed by atoms with Gasteiger partial charge in [0.25, 0.3) is 5.91 Å². The molecule has 1 aliphatic heterocycles. The van der Waals surface area contributed by atoms with Crippen molar-refractivity contribution in [2.75, 3.05) is 20.2 Å². The Bertz CT molecular complexity index is 414. The van der Waals surface area contributed by atoms with Gasteiger partial charge in [-0.1, -0.05) is 11.6 Å². The Morgan fingerprint density at radius 2 is 2.06 bits per heavy atom. The van der Waals surface area contributed by atoms with E-state index in [1.165, 1.54) is 0 Å². The molecule has 2 rings (SSSR count). The minimum absolute atomic E-state index is 0.0441. The number of piperidine rings is 1. The number of ether oxygens (including phenoxy) is 1. The minimum Gasteiger partial charge on any atom is -0.495 e. The fraction of sp³-hybridized carbons (Fsp3) is 0.385. The van der Waals surface area contributed by atoms with Crippen molar-refractivity contribution in [3.05, 3.63) is 35.2 Å². The SMILES string of the molecule is COc1ccc(C(=O)N2CC[CH]CC2)cc1Cl. The highest BCUT2D eigenvalue weighted by Gasteiger charge is 2.18. The van der Waals surface area contributed by atoms with Crippen LogP contribution in [-0.4, -0.2) is 31.0 Å². The highest BCUT2D eigenvalue weighted by molar-refractivity contribution is 6.32. The maximum absolute atomic E-state index is 12.2. The van der Waals surface area contributed by atoms with E-state index in [1.54, 1.807) is 25.3 Å². The second-order valence-corrected chi connectivity index (χ2v) is 4.41.